The molecule has 0 spiro atoms. The summed E-state index contributed by atoms with van der Waals surface area (Å²) in [5, 5.41) is 3.21. The van der Waals surface area contributed by atoms with E-state index in [1.165, 1.54) is 0 Å². The van der Waals surface area contributed by atoms with Crippen LogP contribution in [0, 0.1) is 13.8 Å². The third kappa shape index (κ3) is 5.77. The molecule has 0 aliphatic rings. The van der Waals surface area contributed by atoms with E-state index >= 15 is 0 Å². The SMILES string of the molecule is CCCC(C(=O)Nc1c(C)cc(OC)cc1C)[N+](CC)(CC)CC.[Y]. The molecule has 139 valence electrons. The summed E-state index contributed by atoms with van der Waals surface area (Å²) < 4.78 is 6.15. The number of nitrogens with one attached hydrogen (secondary N) is 1. The molecule has 0 fully saturated rings. The van der Waals surface area contributed by atoms with Crippen LogP contribution in [0.5, 0.6) is 5.75 Å². The Morgan fingerprint density at radius 3 is 1.92 bits per heavy atom. The van der Waals surface area contributed by atoms with Crippen molar-refractivity contribution in [2.24, 2.45) is 0 Å². The number of likely N-dealkylation sites (N-methyl/N-ethyl adjacent to an activating group) is 1. The number of amides is 1. The largest absolute Gasteiger partial charge is 0.497 e. The number of aryl methyl sites for hydroxylation is 2. The second kappa shape index (κ2) is 11.3. The van der Waals surface area contributed by atoms with Crippen LogP contribution in [-0.2, 0) is 37.5 Å². The maximum absolute atomic E-state index is 13.1. The fraction of sp³-hybridized carbons (Fsp3) is 0.650. The zero-order valence-electron chi connectivity index (χ0n) is 17.1. The first-order valence-electron chi connectivity index (χ1n) is 9.20. The van der Waals surface area contributed by atoms with E-state index < -0.39 is 0 Å². The van der Waals surface area contributed by atoms with Gasteiger partial charge < -0.3 is 14.5 Å². The molecule has 0 aromatic heterocycles. The first-order valence-corrected chi connectivity index (χ1v) is 9.20. The number of methoxy groups -OCH3 is 1. The Bertz CT molecular complexity index is 525. The van der Waals surface area contributed by atoms with Gasteiger partial charge in [0.05, 0.1) is 26.7 Å². The van der Waals surface area contributed by atoms with E-state index in [2.05, 4.69) is 33.0 Å². The van der Waals surface area contributed by atoms with Gasteiger partial charge in [0.1, 0.15) is 5.75 Å². The second-order valence-electron chi connectivity index (χ2n) is 6.60. The van der Waals surface area contributed by atoms with Crippen LogP contribution in [0.15, 0.2) is 12.1 Å². The van der Waals surface area contributed by atoms with Gasteiger partial charge in [0, 0.05) is 44.8 Å². The molecule has 1 radical (unpaired) electrons. The molecule has 1 aromatic carbocycles. The number of ether oxygens (including phenoxy) is 1. The minimum Gasteiger partial charge on any atom is -0.497 e. The molecule has 0 saturated heterocycles. The number of anilines is 1. The number of hydrogen-bond donors (Lipinski definition) is 1. The Balaban J connectivity index is 0.00000576. The van der Waals surface area contributed by atoms with E-state index in [9.17, 15) is 4.79 Å². The van der Waals surface area contributed by atoms with Crippen LogP contribution in [0.3, 0.4) is 0 Å². The Morgan fingerprint density at radius 1 is 1.08 bits per heavy atom. The molecular formula is C20H35N2O2Y+. The van der Waals surface area contributed by atoms with Gasteiger partial charge in [-0.3, -0.25) is 4.79 Å². The summed E-state index contributed by atoms with van der Waals surface area (Å²) in [4.78, 5) is 13.1. The van der Waals surface area contributed by atoms with Gasteiger partial charge in [0.15, 0.2) is 6.04 Å². The third-order valence-corrected chi connectivity index (χ3v) is 5.41. The molecule has 1 unspecified atom stereocenters. The number of benzene rings is 1. The molecule has 0 saturated carbocycles. The topological polar surface area (TPSA) is 38.3 Å². The van der Waals surface area contributed by atoms with Crippen molar-refractivity contribution in [3.05, 3.63) is 23.3 Å². The van der Waals surface area contributed by atoms with Crippen molar-refractivity contribution in [2.45, 2.75) is 60.4 Å². The number of rotatable bonds is 9. The van der Waals surface area contributed by atoms with Gasteiger partial charge in [-0.1, -0.05) is 6.92 Å². The summed E-state index contributed by atoms with van der Waals surface area (Å²) in [6.07, 6.45) is 1.92. The van der Waals surface area contributed by atoms with Gasteiger partial charge in [-0.05, 0) is 64.3 Å². The quantitative estimate of drug-likeness (QED) is 0.601. The molecule has 1 aromatic rings. The Labute approximate surface area is 179 Å². The van der Waals surface area contributed by atoms with Crippen molar-refractivity contribution >= 4 is 11.6 Å². The molecule has 4 nitrogen and oxygen atoms in total. The average Bonchev–Trinajstić information content (AvgIpc) is 2.58. The van der Waals surface area contributed by atoms with Crippen LogP contribution in [0.1, 0.15) is 51.7 Å². The Hall–Kier alpha value is -0.446. The normalized spacial score (nSPS) is 12.3. The predicted octanol–water partition coefficient (Wildman–Crippen LogP) is 4.29. The summed E-state index contributed by atoms with van der Waals surface area (Å²) in [6.45, 7) is 15.7. The first kappa shape index (κ1) is 24.6. The third-order valence-electron chi connectivity index (χ3n) is 5.41. The summed E-state index contributed by atoms with van der Waals surface area (Å²) >= 11 is 0. The van der Waals surface area contributed by atoms with Gasteiger partial charge in [0.2, 0.25) is 0 Å². The van der Waals surface area contributed by atoms with Gasteiger partial charge in [-0.15, -0.1) is 0 Å². The van der Waals surface area contributed by atoms with E-state index in [1.54, 1.807) is 7.11 Å². The molecule has 0 aliphatic carbocycles. The molecule has 25 heavy (non-hydrogen) atoms. The van der Waals surface area contributed by atoms with Crippen molar-refractivity contribution in [2.75, 3.05) is 32.1 Å². The van der Waals surface area contributed by atoms with E-state index in [0.29, 0.717) is 0 Å². The van der Waals surface area contributed by atoms with Crippen LogP contribution >= 0.6 is 0 Å². The van der Waals surface area contributed by atoms with Crippen LogP contribution in [0.4, 0.5) is 5.69 Å². The smallest absolute Gasteiger partial charge is 0.282 e. The molecule has 1 N–H and O–H groups in total. The van der Waals surface area contributed by atoms with Gasteiger partial charge >= 0.3 is 0 Å². The number of quaternary nitrogens is 1. The monoisotopic (exact) mass is 424 g/mol. The van der Waals surface area contributed by atoms with Gasteiger partial charge in [-0.25, -0.2) is 0 Å². The summed E-state index contributed by atoms with van der Waals surface area (Å²) in [7, 11) is 1.67. The molecule has 5 heteroatoms. The molecule has 0 bridgehead atoms. The molecule has 0 heterocycles. The van der Waals surface area contributed by atoms with Crippen molar-refractivity contribution in [3.63, 3.8) is 0 Å². The minimum absolute atomic E-state index is 0. The van der Waals surface area contributed by atoms with Crippen LogP contribution < -0.4 is 10.1 Å². The fourth-order valence-electron chi connectivity index (χ4n) is 3.70. The van der Waals surface area contributed by atoms with Crippen molar-refractivity contribution < 1.29 is 46.7 Å². The second-order valence-corrected chi connectivity index (χ2v) is 6.60. The first-order chi connectivity index (χ1) is 11.4. The fourth-order valence-corrected chi connectivity index (χ4v) is 3.70. The maximum atomic E-state index is 13.1. The van der Waals surface area contributed by atoms with Crippen molar-refractivity contribution in [1.82, 2.24) is 0 Å². The summed E-state index contributed by atoms with van der Waals surface area (Å²) in [5.41, 5.74) is 3.00. The number of nitrogens with zero attached hydrogens (tertiary/aromatic N) is 1. The zero-order chi connectivity index (χ0) is 18.3. The van der Waals surface area contributed by atoms with Crippen molar-refractivity contribution in [1.29, 1.82) is 0 Å². The summed E-state index contributed by atoms with van der Waals surface area (Å²) in [6, 6.07) is 3.94. The molecule has 0 aliphatic heterocycles. The number of carbonyl (C=O) groups is 1. The molecule has 1 rings (SSSR count). The molecule has 1 atom stereocenters. The standard InChI is InChI=1S/C20H34N2O2.Y/c1-8-12-18(22(9-2,10-3)11-4)20(23)21-19-15(5)13-17(24-7)14-16(19)6;/h13-14,18H,8-12H2,1-7H3;/p+1. The van der Waals surface area contributed by atoms with E-state index in [1.807, 2.05) is 26.0 Å². The van der Waals surface area contributed by atoms with Gasteiger partial charge in [-0.2, -0.15) is 0 Å². The van der Waals surface area contributed by atoms with E-state index in [4.69, 9.17) is 4.74 Å². The van der Waals surface area contributed by atoms with Crippen LogP contribution in [0.2, 0.25) is 0 Å². The zero-order valence-corrected chi connectivity index (χ0v) is 19.9. The number of carbonyl (C=O) groups excluding carboxylic acids is 1. The minimum atomic E-state index is -0.00379. The average molecular weight is 424 g/mol. The predicted molar refractivity (Wildman–Crippen MR) is 102 cm³/mol. The van der Waals surface area contributed by atoms with E-state index in [-0.39, 0.29) is 44.7 Å². The van der Waals surface area contributed by atoms with E-state index in [0.717, 1.165) is 59.5 Å². The van der Waals surface area contributed by atoms with Crippen molar-refractivity contribution in [3.8, 4) is 5.75 Å². The Morgan fingerprint density at radius 2 is 1.56 bits per heavy atom. The molecular weight excluding hydrogens is 389 g/mol. The van der Waals surface area contributed by atoms with Crippen LogP contribution in [0.25, 0.3) is 0 Å². The van der Waals surface area contributed by atoms with Crippen LogP contribution in [-0.4, -0.2) is 43.2 Å². The number of hydrogen-bond acceptors (Lipinski definition) is 2. The molecule has 1 amide bonds. The maximum Gasteiger partial charge on any atom is 0.282 e. The van der Waals surface area contributed by atoms with Gasteiger partial charge in [0.25, 0.3) is 5.91 Å². The Kier molecular flexibility index (Phi) is 11.1. The summed E-state index contributed by atoms with van der Waals surface area (Å²) in [5.74, 6) is 0.965.